The number of hydrogen-bond acceptors (Lipinski definition) is 1. The lowest BCUT2D eigenvalue weighted by Gasteiger charge is -2.21. The van der Waals surface area contributed by atoms with Gasteiger partial charge in [-0.2, -0.15) is 0 Å². The van der Waals surface area contributed by atoms with Crippen LogP contribution in [0.5, 0.6) is 0 Å². The molecule has 0 aliphatic rings. The van der Waals surface area contributed by atoms with Gasteiger partial charge in [0.05, 0.1) is 0 Å². The fourth-order valence-electron chi connectivity index (χ4n) is 1.91. The first kappa shape index (κ1) is 15.2. The van der Waals surface area contributed by atoms with Crippen LogP contribution < -0.4 is 5.32 Å². The first-order valence-corrected chi connectivity index (χ1v) is 7.18. The van der Waals surface area contributed by atoms with Crippen molar-refractivity contribution < 1.29 is 0 Å². The molecule has 2 atom stereocenters. The van der Waals surface area contributed by atoms with Crippen LogP contribution in [-0.2, 0) is 5.41 Å². The van der Waals surface area contributed by atoms with Gasteiger partial charge in [-0.05, 0) is 35.9 Å². The minimum Gasteiger partial charge on any atom is -0.310 e. The highest BCUT2D eigenvalue weighted by molar-refractivity contribution is 5.28. The largest absolute Gasteiger partial charge is 0.310 e. The average molecular weight is 247 g/mol. The quantitative estimate of drug-likeness (QED) is 0.796. The molecule has 0 bridgehead atoms. The molecule has 1 N–H and O–H groups in total. The van der Waals surface area contributed by atoms with Gasteiger partial charge < -0.3 is 5.32 Å². The Morgan fingerprint density at radius 3 is 2.06 bits per heavy atom. The van der Waals surface area contributed by atoms with Crippen LogP contribution in [-0.4, -0.2) is 6.54 Å². The maximum Gasteiger partial charge on any atom is 0.0291 e. The maximum atomic E-state index is 3.61. The second-order valence-electron chi connectivity index (χ2n) is 6.52. The van der Waals surface area contributed by atoms with E-state index in [1.54, 1.807) is 0 Å². The van der Waals surface area contributed by atoms with Gasteiger partial charge in [0, 0.05) is 6.04 Å². The van der Waals surface area contributed by atoms with Crippen LogP contribution in [0, 0.1) is 5.92 Å². The van der Waals surface area contributed by atoms with Crippen molar-refractivity contribution in [2.45, 2.75) is 59.4 Å². The molecule has 0 saturated heterocycles. The molecular weight excluding hydrogens is 218 g/mol. The molecule has 1 aromatic carbocycles. The van der Waals surface area contributed by atoms with Crippen LogP contribution in [0.15, 0.2) is 24.3 Å². The number of rotatable bonds is 5. The Labute approximate surface area is 113 Å². The Bertz CT molecular complexity index is 345. The van der Waals surface area contributed by atoms with Gasteiger partial charge in [-0.15, -0.1) is 0 Å². The van der Waals surface area contributed by atoms with Crippen LogP contribution >= 0.6 is 0 Å². The third-order valence-corrected chi connectivity index (χ3v) is 3.75. The van der Waals surface area contributed by atoms with Crippen molar-refractivity contribution in [1.82, 2.24) is 5.32 Å². The Kier molecular flexibility index (Phi) is 5.40. The summed E-state index contributed by atoms with van der Waals surface area (Å²) >= 11 is 0. The summed E-state index contributed by atoms with van der Waals surface area (Å²) in [7, 11) is 0. The van der Waals surface area contributed by atoms with Gasteiger partial charge in [0.25, 0.3) is 0 Å². The van der Waals surface area contributed by atoms with E-state index >= 15 is 0 Å². The summed E-state index contributed by atoms with van der Waals surface area (Å²) in [6.45, 7) is 14.6. The maximum absolute atomic E-state index is 3.61. The van der Waals surface area contributed by atoms with E-state index < -0.39 is 0 Å². The van der Waals surface area contributed by atoms with Crippen LogP contribution in [0.1, 0.15) is 65.1 Å². The molecule has 1 rings (SSSR count). The normalized spacial score (nSPS) is 15.4. The Morgan fingerprint density at radius 2 is 1.61 bits per heavy atom. The molecule has 2 unspecified atom stereocenters. The van der Waals surface area contributed by atoms with Gasteiger partial charge >= 0.3 is 0 Å². The summed E-state index contributed by atoms with van der Waals surface area (Å²) in [4.78, 5) is 0. The van der Waals surface area contributed by atoms with Crippen LogP contribution in [0.4, 0.5) is 0 Å². The highest BCUT2D eigenvalue weighted by Gasteiger charge is 2.14. The lowest BCUT2D eigenvalue weighted by atomic mass is 9.86. The highest BCUT2D eigenvalue weighted by atomic mass is 14.9. The Hall–Kier alpha value is -0.820. The molecule has 1 heteroatoms. The zero-order chi connectivity index (χ0) is 13.8. The standard InChI is InChI=1S/C17H29N/c1-7-13(2)12-18-14(3)15-8-10-16(11-9-15)17(4,5)6/h8-11,13-14,18H,7,12H2,1-6H3. The number of hydrogen-bond donors (Lipinski definition) is 1. The third-order valence-electron chi connectivity index (χ3n) is 3.75. The fourth-order valence-corrected chi connectivity index (χ4v) is 1.91. The second-order valence-corrected chi connectivity index (χ2v) is 6.52. The van der Waals surface area contributed by atoms with Crippen molar-refractivity contribution in [2.75, 3.05) is 6.54 Å². The van der Waals surface area contributed by atoms with E-state index in [2.05, 4.69) is 71.1 Å². The SMILES string of the molecule is CCC(C)CNC(C)c1ccc(C(C)(C)C)cc1. The van der Waals surface area contributed by atoms with Crippen molar-refractivity contribution in [3.05, 3.63) is 35.4 Å². The van der Waals surface area contributed by atoms with E-state index in [4.69, 9.17) is 0 Å². The molecular formula is C17H29N. The van der Waals surface area contributed by atoms with Crippen LogP contribution in [0.2, 0.25) is 0 Å². The fraction of sp³-hybridized carbons (Fsp3) is 0.647. The molecule has 0 radical (unpaired) electrons. The lowest BCUT2D eigenvalue weighted by molar-refractivity contribution is 0.460. The topological polar surface area (TPSA) is 12.0 Å². The van der Waals surface area contributed by atoms with E-state index in [9.17, 15) is 0 Å². The highest BCUT2D eigenvalue weighted by Crippen LogP contribution is 2.23. The molecule has 0 aliphatic carbocycles. The van der Waals surface area contributed by atoms with Gasteiger partial charge in [-0.3, -0.25) is 0 Å². The summed E-state index contributed by atoms with van der Waals surface area (Å²) in [5.74, 6) is 0.751. The number of benzene rings is 1. The average Bonchev–Trinajstić information content (AvgIpc) is 2.34. The molecule has 1 nitrogen and oxygen atoms in total. The predicted molar refractivity (Wildman–Crippen MR) is 81.0 cm³/mol. The lowest BCUT2D eigenvalue weighted by Crippen LogP contribution is -2.24. The minimum absolute atomic E-state index is 0.242. The second kappa shape index (κ2) is 6.38. The predicted octanol–water partition coefficient (Wildman–Crippen LogP) is 4.68. The Balaban J connectivity index is 2.62. The monoisotopic (exact) mass is 247 g/mol. The minimum atomic E-state index is 0.242. The molecule has 0 saturated carbocycles. The van der Waals surface area contributed by atoms with E-state index in [0.29, 0.717) is 6.04 Å². The summed E-state index contributed by atoms with van der Waals surface area (Å²) < 4.78 is 0. The summed E-state index contributed by atoms with van der Waals surface area (Å²) in [6.07, 6.45) is 1.24. The molecule has 0 fully saturated rings. The van der Waals surface area contributed by atoms with Crippen LogP contribution in [0.3, 0.4) is 0 Å². The Morgan fingerprint density at radius 1 is 1.06 bits per heavy atom. The van der Waals surface area contributed by atoms with E-state index in [-0.39, 0.29) is 5.41 Å². The van der Waals surface area contributed by atoms with E-state index in [0.717, 1.165) is 12.5 Å². The number of nitrogens with one attached hydrogen (secondary N) is 1. The van der Waals surface area contributed by atoms with Crippen molar-refractivity contribution in [3.8, 4) is 0 Å². The van der Waals surface area contributed by atoms with Gasteiger partial charge in [0.2, 0.25) is 0 Å². The van der Waals surface area contributed by atoms with Gasteiger partial charge in [-0.1, -0.05) is 65.3 Å². The molecule has 0 amide bonds. The van der Waals surface area contributed by atoms with Crippen molar-refractivity contribution >= 4 is 0 Å². The zero-order valence-corrected chi connectivity index (χ0v) is 12.9. The smallest absolute Gasteiger partial charge is 0.0291 e. The first-order valence-electron chi connectivity index (χ1n) is 7.18. The summed E-state index contributed by atoms with van der Waals surface area (Å²) in [5.41, 5.74) is 3.03. The zero-order valence-electron chi connectivity index (χ0n) is 12.9. The van der Waals surface area contributed by atoms with E-state index in [1.807, 2.05) is 0 Å². The van der Waals surface area contributed by atoms with Gasteiger partial charge in [0.1, 0.15) is 0 Å². The molecule has 0 aromatic heterocycles. The molecule has 102 valence electrons. The van der Waals surface area contributed by atoms with E-state index in [1.165, 1.54) is 17.5 Å². The van der Waals surface area contributed by atoms with Crippen LogP contribution in [0.25, 0.3) is 0 Å². The summed E-state index contributed by atoms with van der Waals surface area (Å²) in [6, 6.07) is 9.48. The molecule has 0 heterocycles. The van der Waals surface area contributed by atoms with Gasteiger partial charge in [-0.25, -0.2) is 0 Å². The van der Waals surface area contributed by atoms with Gasteiger partial charge in [0.15, 0.2) is 0 Å². The summed E-state index contributed by atoms with van der Waals surface area (Å²) in [5, 5.41) is 3.61. The third kappa shape index (κ3) is 4.45. The first-order chi connectivity index (χ1) is 8.34. The van der Waals surface area contributed by atoms with Crippen molar-refractivity contribution in [1.29, 1.82) is 0 Å². The molecule has 1 aromatic rings. The van der Waals surface area contributed by atoms with Crippen molar-refractivity contribution in [2.24, 2.45) is 5.92 Å². The molecule has 0 aliphatic heterocycles. The molecule has 0 spiro atoms. The molecule has 18 heavy (non-hydrogen) atoms. The van der Waals surface area contributed by atoms with Crippen molar-refractivity contribution in [3.63, 3.8) is 0 Å².